The molecule has 9 heteroatoms. The molecule has 1 aliphatic rings. The molecule has 2 heterocycles. The molecule has 1 unspecified atom stereocenters. The van der Waals surface area contributed by atoms with Crippen LogP contribution in [0.3, 0.4) is 0 Å². The van der Waals surface area contributed by atoms with Gasteiger partial charge in [-0.05, 0) is 37.5 Å². The molecular weight excluding hydrogens is 432 g/mol. The Bertz CT molecular complexity index is 983. The lowest BCUT2D eigenvalue weighted by Crippen LogP contribution is -2.43. The topological polar surface area (TPSA) is 76.5 Å². The minimum atomic E-state index is -3.62. The average Bonchev–Trinajstić information content (AvgIpc) is 3.39. The zero-order valence-corrected chi connectivity index (χ0v) is 19.5. The summed E-state index contributed by atoms with van der Waals surface area (Å²) in [6.07, 6.45) is 5.46. The van der Waals surface area contributed by atoms with Crippen LogP contribution in [0.4, 0.5) is 0 Å². The summed E-state index contributed by atoms with van der Waals surface area (Å²) in [5.74, 6) is -0.100. The predicted molar refractivity (Wildman–Crippen MR) is 125 cm³/mol. The monoisotopic (exact) mass is 462 g/mol. The Morgan fingerprint density at radius 3 is 2.84 bits per heavy atom. The maximum atomic E-state index is 13.1. The lowest BCUT2D eigenvalue weighted by molar-refractivity contribution is 0.0893. The van der Waals surface area contributed by atoms with Crippen molar-refractivity contribution in [2.45, 2.75) is 49.9 Å². The highest BCUT2D eigenvalue weighted by Gasteiger charge is 2.26. The third-order valence-electron chi connectivity index (χ3n) is 5.11. The third-order valence-corrected chi connectivity index (χ3v) is 7.11. The maximum absolute atomic E-state index is 13.1. The Hall–Kier alpha value is -2.23. The van der Waals surface area contributed by atoms with Gasteiger partial charge in [-0.1, -0.05) is 36.4 Å². The van der Waals surface area contributed by atoms with Crippen LogP contribution < -0.4 is 5.32 Å². The van der Waals surface area contributed by atoms with Crippen molar-refractivity contribution in [3.8, 4) is 0 Å². The van der Waals surface area contributed by atoms with Crippen LogP contribution in [-0.4, -0.2) is 53.8 Å². The van der Waals surface area contributed by atoms with Gasteiger partial charge in [0.25, 0.3) is 0 Å². The summed E-state index contributed by atoms with van der Waals surface area (Å²) in [6.45, 7) is 8.70. The van der Waals surface area contributed by atoms with Crippen molar-refractivity contribution >= 4 is 27.2 Å². The zero-order valence-electron chi connectivity index (χ0n) is 17.9. The quantitative estimate of drug-likeness (QED) is 0.430. The fourth-order valence-electron chi connectivity index (χ4n) is 3.66. The van der Waals surface area contributed by atoms with Crippen molar-refractivity contribution in [1.82, 2.24) is 19.8 Å². The number of benzene rings is 1. The van der Waals surface area contributed by atoms with Gasteiger partial charge in [0, 0.05) is 26.2 Å². The minimum Gasteiger partial charge on any atom is -0.376 e. The van der Waals surface area contributed by atoms with Gasteiger partial charge < -0.3 is 19.5 Å². The number of nitrogens with one attached hydrogen (secondary N) is 1. The summed E-state index contributed by atoms with van der Waals surface area (Å²) in [7, 11) is -3.62. The van der Waals surface area contributed by atoms with Crippen molar-refractivity contribution < 1.29 is 13.2 Å². The molecule has 1 saturated heterocycles. The second-order valence-corrected chi connectivity index (χ2v) is 9.80. The lowest BCUT2D eigenvalue weighted by Gasteiger charge is -2.28. The van der Waals surface area contributed by atoms with Crippen molar-refractivity contribution in [2.75, 3.05) is 19.7 Å². The third kappa shape index (κ3) is 6.15. The number of nitrogens with zero attached hydrogens (tertiary/aromatic N) is 3. The van der Waals surface area contributed by atoms with Crippen molar-refractivity contribution in [1.29, 1.82) is 0 Å². The molecule has 0 aliphatic carbocycles. The van der Waals surface area contributed by atoms with Crippen LogP contribution >= 0.6 is 12.2 Å². The molecule has 31 heavy (non-hydrogen) atoms. The van der Waals surface area contributed by atoms with Crippen molar-refractivity contribution in [3.05, 3.63) is 60.4 Å². The van der Waals surface area contributed by atoms with E-state index in [0.717, 1.165) is 30.7 Å². The van der Waals surface area contributed by atoms with Crippen LogP contribution in [0.15, 0.2) is 54.3 Å². The first-order valence-electron chi connectivity index (χ1n) is 10.5. The summed E-state index contributed by atoms with van der Waals surface area (Å²) in [5, 5.41) is 3.87. The largest absolute Gasteiger partial charge is 0.376 e. The minimum absolute atomic E-state index is 0.0534. The van der Waals surface area contributed by atoms with E-state index in [1.165, 1.54) is 0 Å². The van der Waals surface area contributed by atoms with Crippen LogP contribution in [0.5, 0.6) is 0 Å². The number of hydrogen-bond donors (Lipinski definition) is 1. The average molecular weight is 463 g/mol. The molecule has 3 rings (SSSR count). The molecular formula is C22H30N4O3S2. The van der Waals surface area contributed by atoms with Gasteiger partial charge in [0.2, 0.25) is 15.0 Å². The Morgan fingerprint density at radius 2 is 2.19 bits per heavy atom. The lowest BCUT2D eigenvalue weighted by atomic mass is 10.2. The molecule has 1 aliphatic heterocycles. The SMILES string of the molecule is C=CCn1c(CN(CC2CCCO2)C(=S)NCC)cnc1S(=O)(=O)Cc1ccccc1. The molecule has 1 fully saturated rings. The molecule has 1 aromatic heterocycles. The van der Waals surface area contributed by atoms with Crippen LogP contribution in [0.2, 0.25) is 0 Å². The highest BCUT2D eigenvalue weighted by atomic mass is 32.2. The van der Waals surface area contributed by atoms with Gasteiger partial charge in [-0.2, -0.15) is 0 Å². The predicted octanol–water partition coefficient (Wildman–Crippen LogP) is 2.92. The molecule has 0 radical (unpaired) electrons. The fraction of sp³-hybridized carbons (Fsp3) is 0.455. The summed E-state index contributed by atoms with van der Waals surface area (Å²) < 4.78 is 33.7. The number of aromatic nitrogens is 2. The maximum Gasteiger partial charge on any atom is 0.228 e. The summed E-state index contributed by atoms with van der Waals surface area (Å²) >= 11 is 5.57. The van der Waals surface area contributed by atoms with Gasteiger partial charge in [0.1, 0.15) is 0 Å². The molecule has 0 bridgehead atoms. The number of imidazole rings is 1. The Labute approximate surface area is 190 Å². The van der Waals surface area contributed by atoms with E-state index >= 15 is 0 Å². The number of hydrogen-bond acceptors (Lipinski definition) is 5. The van der Waals surface area contributed by atoms with Crippen LogP contribution in [-0.2, 0) is 33.4 Å². The van der Waals surface area contributed by atoms with Gasteiger partial charge in [0.15, 0.2) is 5.11 Å². The van der Waals surface area contributed by atoms with E-state index in [0.29, 0.717) is 31.3 Å². The molecule has 2 aromatic rings. The van der Waals surface area contributed by atoms with Crippen molar-refractivity contribution in [3.63, 3.8) is 0 Å². The van der Waals surface area contributed by atoms with Gasteiger partial charge in [-0.3, -0.25) is 0 Å². The molecule has 0 saturated carbocycles. The standard InChI is InChI=1S/C22H30N4O3S2/c1-3-12-26-19(15-25(21(30)23-4-2)16-20-11-8-13-29-20)14-24-22(26)31(27,28)17-18-9-6-5-7-10-18/h3,5-7,9-10,14,20H,1,4,8,11-13,15-17H2,2H3,(H,23,30). The summed E-state index contributed by atoms with van der Waals surface area (Å²) in [6, 6.07) is 9.13. The highest BCUT2D eigenvalue weighted by Crippen LogP contribution is 2.20. The first-order valence-corrected chi connectivity index (χ1v) is 12.6. The van der Waals surface area contributed by atoms with E-state index in [9.17, 15) is 8.42 Å². The molecule has 168 valence electrons. The molecule has 0 spiro atoms. The van der Waals surface area contributed by atoms with E-state index in [-0.39, 0.29) is 17.0 Å². The number of thiocarbonyl (C=S) groups is 1. The number of allylic oxidation sites excluding steroid dienone is 1. The van der Waals surface area contributed by atoms with Crippen molar-refractivity contribution in [2.24, 2.45) is 0 Å². The van der Waals surface area contributed by atoms with E-state index in [1.54, 1.807) is 29.0 Å². The van der Waals surface area contributed by atoms with Crippen LogP contribution in [0.25, 0.3) is 0 Å². The first-order chi connectivity index (χ1) is 14.9. The summed E-state index contributed by atoms with van der Waals surface area (Å²) in [4.78, 5) is 6.33. The van der Waals surface area contributed by atoms with Crippen LogP contribution in [0.1, 0.15) is 31.0 Å². The smallest absolute Gasteiger partial charge is 0.228 e. The zero-order chi connectivity index (χ0) is 22.3. The number of ether oxygens (including phenoxy) is 1. The second-order valence-electron chi connectivity index (χ2n) is 7.53. The first kappa shape index (κ1) is 23.4. The Balaban J connectivity index is 1.86. The van der Waals surface area contributed by atoms with Gasteiger partial charge >= 0.3 is 0 Å². The molecule has 1 aromatic carbocycles. The van der Waals surface area contributed by atoms with E-state index in [4.69, 9.17) is 17.0 Å². The highest BCUT2D eigenvalue weighted by molar-refractivity contribution is 7.90. The van der Waals surface area contributed by atoms with Gasteiger partial charge in [-0.15, -0.1) is 6.58 Å². The number of sulfone groups is 1. The normalized spacial score (nSPS) is 16.2. The molecule has 1 atom stereocenters. The summed E-state index contributed by atoms with van der Waals surface area (Å²) in [5.41, 5.74) is 1.50. The fourth-order valence-corrected chi connectivity index (χ4v) is 5.45. The number of rotatable bonds is 10. The molecule has 0 amide bonds. The second kappa shape index (κ2) is 10.9. The van der Waals surface area contributed by atoms with E-state index in [1.807, 2.05) is 30.0 Å². The van der Waals surface area contributed by atoms with E-state index < -0.39 is 9.84 Å². The van der Waals surface area contributed by atoms with Crippen LogP contribution in [0, 0.1) is 0 Å². The van der Waals surface area contributed by atoms with Gasteiger partial charge in [0.05, 0.1) is 30.3 Å². The molecule has 7 nitrogen and oxygen atoms in total. The van der Waals surface area contributed by atoms with Gasteiger partial charge in [-0.25, -0.2) is 13.4 Å². The Kier molecular flexibility index (Phi) is 8.22. The molecule has 1 N–H and O–H groups in total. The van der Waals surface area contributed by atoms with E-state index in [2.05, 4.69) is 16.9 Å². The Morgan fingerprint density at radius 1 is 1.42 bits per heavy atom.